The van der Waals surface area contributed by atoms with E-state index in [2.05, 4.69) is 0 Å². The number of aliphatic hydroxyl groups excluding tert-OH is 2. The largest absolute Gasteiger partial charge is 0.394 e. The van der Waals surface area contributed by atoms with Crippen LogP contribution < -0.4 is 0 Å². The summed E-state index contributed by atoms with van der Waals surface area (Å²) in [6, 6.07) is 3.23. The Hall–Kier alpha value is -1.00. The van der Waals surface area contributed by atoms with E-state index >= 15 is 0 Å². The first kappa shape index (κ1) is 12.1. The third-order valence-corrected chi connectivity index (χ3v) is 2.33. The lowest BCUT2D eigenvalue weighted by atomic mass is 9.94. The molecule has 0 saturated heterocycles. The van der Waals surface area contributed by atoms with E-state index in [-0.39, 0.29) is 24.5 Å². The van der Waals surface area contributed by atoms with Crippen LogP contribution in [0.1, 0.15) is 24.8 Å². The molecular weight excluding hydrogens is 202 g/mol. The van der Waals surface area contributed by atoms with E-state index in [4.69, 9.17) is 5.11 Å². The van der Waals surface area contributed by atoms with Crippen LogP contribution in [0.25, 0.3) is 0 Å². The van der Waals surface area contributed by atoms with E-state index in [1.54, 1.807) is 6.92 Å². The summed E-state index contributed by atoms with van der Waals surface area (Å²) in [7, 11) is 0. The fourth-order valence-electron chi connectivity index (χ4n) is 1.50. The molecule has 0 fully saturated rings. The first-order chi connectivity index (χ1) is 7.04. The molecule has 2 atom stereocenters. The monoisotopic (exact) mass is 216 g/mol. The van der Waals surface area contributed by atoms with Gasteiger partial charge in [-0.2, -0.15) is 0 Å². The van der Waals surface area contributed by atoms with Gasteiger partial charge in [0, 0.05) is 0 Å². The molecule has 0 aromatic heterocycles. The Balaban J connectivity index is 2.80. The molecule has 2 unspecified atom stereocenters. The number of benzene rings is 1. The van der Waals surface area contributed by atoms with Gasteiger partial charge >= 0.3 is 0 Å². The molecule has 0 heterocycles. The normalized spacial score (nSPS) is 15.0. The highest BCUT2D eigenvalue weighted by Crippen LogP contribution is 2.24. The van der Waals surface area contributed by atoms with E-state index in [9.17, 15) is 13.9 Å². The van der Waals surface area contributed by atoms with Crippen LogP contribution in [0.5, 0.6) is 0 Å². The molecule has 1 aromatic rings. The summed E-state index contributed by atoms with van der Waals surface area (Å²) in [5, 5.41) is 17.8. The van der Waals surface area contributed by atoms with Gasteiger partial charge in [-0.05, 0) is 36.1 Å². The molecule has 2 N–H and O–H groups in total. The molecule has 15 heavy (non-hydrogen) atoms. The molecule has 0 amide bonds. The molecule has 0 bridgehead atoms. The first-order valence-electron chi connectivity index (χ1n) is 4.78. The molecule has 1 rings (SSSR count). The van der Waals surface area contributed by atoms with Gasteiger partial charge in [0.05, 0.1) is 12.7 Å². The molecule has 0 aliphatic heterocycles. The molecule has 2 nitrogen and oxygen atoms in total. The average Bonchev–Trinajstić information content (AvgIpc) is 2.21. The van der Waals surface area contributed by atoms with Gasteiger partial charge in [0.15, 0.2) is 0 Å². The van der Waals surface area contributed by atoms with Crippen molar-refractivity contribution in [2.45, 2.75) is 25.4 Å². The van der Waals surface area contributed by atoms with Crippen molar-refractivity contribution in [1.82, 2.24) is 0 Å². The number of aliphatic hydroxyl groups is 2. The number of halogens is 2. The van der Waals surface area contributed by atoms with E-state index < -0.39 is 17.7 Å². The van der Waals surface area contributed by atoms with Crippen LogP contribution in [0.15, 0.2) is 18.2 Å². The highest BCUT2D eigenvalue weighted by molar-refractivity contribution is 5.22. The zero-order valence-electron chi connectivity index (χ0n) is 8.45. The Bertz CT molecular complexity index is 328. The van der Waals surface area contributed by atoms with Crippen molar-refractivity contribution in [3.63, 3.8) is 0 Å². The summed E-state index contributed by atoms with van der Waals surface area (Å²) < 4.78 is 26.1. The van der Waals surface area contributed by atoms with Crippen molar-refractivity contribution in [3.05, 3.63) is 35.4 Å². The van der Waals surface area contributed by atoms with Crippen LogP contribution >= 0.6 is 0 Å². The van der Waals surface area contributed by atoms with Crippen LogP contribution in [0.3, 0.4) is 0 Å². The van der Waals surface area contributed by atoms with Crippen molar-refractivity contribution in [3.8, 4) is 0 Å². The van der Waals surface area contributed by atoms with Crippen LogP contribution in [0.4, 0.5) is 8.78 Å². The van der Waals surface area contributed by atoms with Crippen LogP contribution in [0, 0.1) is 11.6 Å². The Morgan fingerprint density at radius 2 is 2.00 bits per heavy atom. The second kappa shape index (κ2) is 5.19. The van der Waals surface area contributed by atoms with Crippen LogP contribution in [-0.4, -0.2) is 22.9 Å². The van der Waals surface area contributed by atoms with Crippen molar-refractivity contribution < 1.29 is 19.0 Å². The summed E-state index contributed by atoms with van der Waals surface area (Å²) >= 11 is 0. The summed E-state index contributed by atoms with van der Waals surface area (Å²) in [4.78, 5) is 0. The Morgan fingerprint density at radius 3 is 2.60 bits per heavy atom. The standard InChI is InChI=1S/C11H14F2O2/c1-7(4-9(15)6-14)10-5-8(12)2-3-11(10)13/h2-3,5,7,9,14-15H,4,6H2,1H3. The lowest BCUT2D eigenvalue weighted by Crippen LogP contribution is -2.15. The maximum Gasteiger partial charge on any atom is 0.126 e. The molecule has 0 aliphatic rings. The number of hydrogen-bond acceptors (Lipinski definition) is 2. The maximum absolute atomic E-state index is 13.3. The molecule has 84 valence electrons. The summed E-state index contributed by atoms with van der Waals surface area (Å²) in [5.74, 6) is -1.33. The molecule has 0 radical (unpaired) electrons. The summed E-state index contributed by atoms with van der Waals surface area (Å²) in [5.41, 5.74) is 0.225. The fourth-order valence-corrected chi connectivity index (χ4v) is 1.50. The van der Waals surface area contributed by atoms with Crippen molar-refractivity contribution in [2.24, 2.45) is 0 Å². The molecule has 0 spiro atoms. The van der Waals surface area contributed by atoms with Gasteiger partial charge in [-0.15, -0.1) is 0 Å². The Labute approximate surface area is 87.2 Å². The second-order valence-corrected chi connectivity index (χ2v) is 3.64. The highest BCUT2D eigenvalue weighted by atomic mass is 19.1. The molecule has 1 aromatic carbocycles. The van der Waals surface area contributed by atoms with E-state index in [0.29, 0.717) is 0 Å². The lowest BCUT2D eigenvalue weighted by molar-refractivity contribution is 0.0832. The summed E-state index contributed by atoms with van der Waals surface area (Å²) in [6.07, 6.45) is -0.695. The lowest BCUT2D eigenvalue weighted by Gasteiger charge is -2.15. The van der Waals surface area contributed by atoms with E-state index in [1.165, 1.54) is 0 Å². The van der Waals surface area contributed by atoms with Gasteiger partial charge < -0.3 is 10.2 Å². The third-order valence-electron chi connectivity index (χ3n) is 2.33. The predicted octanol–water partition coefficient (Wildman–Crippen LogP) is 1.81. The van der Waals surface area contributed by atoms with Gasteiger partial charge in [0.1, 0.15) is 11.6 Å². The van der Waals surface area contributed by atoms with Crippen molar-refractivity contribution >= 4 is 0 Å². The Morgan fingerprint density at radius 1 is 1.33 bits per heavy atom. The van der Waals surface area contributed by atoms with Gasteiger partial charge in [-0.25, -0.2) is 8.78 Å². The van der Waals surface area contributed by atoms with Crippen LogP contribution in [-0.2, 0) is 0 Å². The highest BCUT2D eigenvalue weighted by Gasteiger charge is 2.15. The van der Waals surface area contributed by atoms with Gasteiger partial charge in [-0.3, -0.25) is 0 Å². The fraction of sp³-hybridized carbons (Fsp3) is 0.455. The SMILES string of the molecule is CC(CC(O)CO)c1cc(F)ccc1F. The van der Waals surface area contributed by atoms with E-state index in [1.807, 2.05) is 0 Å². The molecule has 4 heteroatoms. The minimum Gasteiger partial charge on any atom is -0.394 e. The minimum atomic E-state index is -0.900. The molecular formula is C11H14F2O2. The number of rotatable bonds is 4. The Kier molecular flexibility index (Phi) is 4.17. The first-order valence-corrected chi connectivity index (χ1v) is 4.78. The zero-order chi connectivity index (χ0) is 11.4. The maximum atomic E-state index is 13.3. The van der Waals surface area contributed by atoms with E-state index in [0.717, 1.165) is 18.2 Å². The quantitative estimate of drug-likeness (QED) is 0.805. The van der Waals surface area contributed by atoms with Crippen LogP contribution in [0.2, 0.25) is 0 Å². The molecule has 0 aliphatic carbocycles. The van der Waals surface area contributed by atoms with Gasteiger partial charge in [0.2, 0.25) is 0 Å². The topological polar surface area (TPSA) is 40.5 Å². The smallest absolute Gasteiger partial charge is 0.126 e. The van der Waals surface area contributed by atoms with Gasteiger partial charge in [-0.1, -0.05) is 6.92 Å². The number of hydrogen-bond donors (Lipinski definition) is 2. The second-order valence-electron chi connectivity index (χ2n) is 3.64. The predicted molar refractivity (Wildman–Crippen MR) is 52.5 cm³/mol. The third kappa shape index (κ3) is 3.25. The van der Waals surface area contributed by atoms with Crippen molar-refractivity contribution in [1.29, 1.82) is 0 Å². The summed E-state index contributed by atoms with van der Waals surface area (Å²) in [6.45, 7) is 1.30. The van der Waals surface area contributed by atoms with Crippen molar-refractivity contribution in [2.75, 3.05) is 6.61 Å². The van der Waals surface area contributed by atoms with Gasteiger partial charge in [0.25, 0.3) is 0 Å². The zero-order valence-corrected chi connectivity index (χ0v) is 8.45. The average molecular weight is 216 g/mol. The minimum absolute atomic E-state index is 0.205. The molecule has 0 saturated carbocycles.